The second-order valence-electron chi connectivity index (χ2n) is 3.86. The van der Waals surface area contributed by atoms with Crippen LogP contribution in [0.3, 0.4) is 0 Å². The number of nitrogens with one attached hydrogen (secondary N) is 2. The maximum Gasteiger partial charge on any atom is 0.330 e. The van der Waals surface area contributed by atoms with Gasteiger partial charge in [-0.15, -0.1) is 0 Å². The fourth-order valence-electron chi connectivity index (χ4n) is 1.19. The van der Waals surface area contributed by atoms with Crippen LogP contribution in [0.4, 0.5) is 4.79 Å². The van der Waals surface area contributed by atoms with E-state index in [9.17, 15) is 9.59 Å². The minimum absolute atomic E-state index is 0.204. The molecule has 0 saturated heterocycles. The fourth-order valence-corrected chi connectivity index (χ4v) is 1.19. The summed E-state index contributed by atoms with van der Waals surface area (Å²) in [4.78, 5) is 21.7. The second-order valence-corrected chi connectivity index (χ2v) is 3.86. The largest absolute Gasteiger partial charge is 0.478 e. The topological polar surface area (TPSA) is 87.7 Å². The van der Waals surface area contributed by atoms with Crippen LogP contribution in [0.25, 0.3) is 0 Å². The van der Waals surface area contributed by atoms with Gasteiger partial charge in [-0.3, -0.25) is 0 Å². The molecule has 6 nitrogen and oxygen atoms in total. The predicted molar refractivity (Wildman–Crippen MR) is 68.5 cm³/mol. The summed E-state index contributed by atoms with van der Waals surface area (Å²) in [6, 6.07) is -0.204. The van der Waals surface area contributed by atoms with Crippen molar-refractivity contribution in [2.75, 3.05) is 26.8 Å². The maximum absolute atomic E-state index is 11.2. The van der Waals surface area contributed by atoms with Gasteiger partial charge in [0.1, 0.15) is 0 Å². The average molecular weight is 258 g/mol. The number of carboxylic acid groups (broad SMARTS) is 1. The van der Waals surface area contributed by atoms with Crippen molar-refractivity contribution in [1.29, 1.82) is 0 Å². The Morgan fingerprint density at radius 3 is 2.39 bits per heavy atom. The SMILES string of the molecule is COCCCNC(=O)NCCCC=C(C)C(=O)O. The molecule has 6 heteroatoms. The van der Waals surface area contributed by atoms with Gasteiger partial charge in [-0.25, -0.2) is 9.59 Å². The smallest absolute Gasteiger partial charge is 0.330 e. The van der Waals surface area contributed by atoms with Crippen LogP contribution in [-0.4, -0.2) is 43.9 Å². The second kappa shape index (κ2) is 10.6. The summed E-state index contributed by atoms with van der Waals surface area (Å²) in [5, 5.41) is 14.0. The molecule has 0 bridgehead atoms. The molecule has 0 unspecified atom stereocenters. The zero-order valence-corrected chi connectivity index (χ0v) is 11.0. The minimum atomic E-state index is -0.904. The molecule has 0 aliphatic carbocycles. The number of ether oxygens (including phenoxy) is 1. The lowest BCUT2D eigenvalue weighted by Gasteiger charge is -2.06. The summed E-state index contributed by atoms with van der Waals surface area (Å²) < 4.78 is 4.85. The molecule has 3 N–H and O–H groups in total. The molecule has 0 aromatic heterocycles. The third kappa shape index (κ3) is 9.65. The lowest BCUT2D eigenvalue weighted by molar-refractivity contribution is -0.132. The lowest BCUT2D eigenvalue weighted by atomic mass is 10.2. The maximum atomic E-state index is 11.2. The molecule has 0 fully saturated rings. The number of carboxylic acids is 1. The van der Waals surface area contributed by atoms with Gasteiger partial charge in [0.25, 0.3) is 0 Å². The van der Waals surface area contributed by atoms with Crippen molar-refractivity contribution >= 4 is 12.0 Å². The number of hydrogen-bond donors (Lipinski definition) is 3. The van der Waals surface area contributed by atoms with Crippen LogP contribution in [0.5, 0.6) is 0 Å². The summed E-state index contributed by atoms with van der Waals surface area (Å²) in [6.07, 6.45) is 3.79. The third-order valence-electron chi connectivity index (χ3n) is 2.27. The Kier molecular flexibility index (Phi) is 9.67. The molecule has 0 heterocycles. The van der Waals surface area contributed by atoms with E-state index >= 15 is 0 Å². The van der Waals surface area contributed by atoms with Crippen LogP contribution in [0.2, 0.25) is 0 Å². The lowest BCUT2D eigenvalue weighted by Crippen LogP contribution is -2.36. The molecule has 0 spiro atoms. The molecule has 0 rings (SSSR count). The van der Waals surface area contributed by atoms with E-state index in [4.69, 9.17) is 9.84 Å². The molecule has 0 aromatic rings. The van der Waals surface area contributed by atoms with E-state index < -0.39 is 5.97 Å². The van der Waals surface area contributed by atoms with Gasteiger partial charge in [0.2, 0.25) is 0 Å². The zero-order valence-electron chi connectivity index (χ0n) is 11.0. The zero-order chi connectivity index (χ0) is 13.8. The van der Waals surface area contributed by atoms with Crippen molar-refractivity contribution in [2.45, 2.75) is 26.2 Å². The Hall–Kier alpha value is -1.56. The number of carbonyl (C=O) groups is 2. The van der Waals surface area contributed by atoms with Crippen molar-refractivity contribution in [3.05, 3.63) is 11.6 Å². The Bertz CT molecular complexity index is 290. The van der Waals surface area contributed by atoms with Gasteiger partial charge in [0, 0.05) is 32.4 Å². The van der Waals surface area contributed by atoms with Gasteiger partial charge in [0.15, 0.2) is 0 Å². The highest BCUT2D eigenvalue weighted by molar-refractivity contribution is 5.85. The van der Waals surface area contributed by atoms with Gasteiger partial charge in [-0.2, -0.15) is 0 Å². The molecule has 0 aliphatic heterocycles. The summed E-state index contributed by atoms with van der Waals surface area (Å²) in [5.41, 5.74) is 0.332. The molecule has 0 atom stereocenters. The van der Waals surface area contributed by atoms with Gasteiger partial charge >= 0.3 is 12.0 Å². The van der Waals surface area contributed by atoms with E-state index in [0.717, 1.165) is 12.8 Å². The molecule has 2 amide bonds. The first kappa shape index (κ1) is 16.4. The number of allylic oxidation sites excluding steroid dienone is 1. The van der Waals surface area contributed by atoms with E-state index in [2.05, 4.69) is 10.6 Å². The summed E-state index contributed by atoms with van der Waals surface area (Å²) in [6.45, 7) is 3.29. The number of rotatable bonds is 9. The highest BCUT2D eigenvalue weighted by Crippen LogP contribution is 1.97. The van der Waals surface area contributed by atoms with E-state index in [1.165, 1.54) is 0 Å². The van der Waals surface area contributed by atoms with Crippen LogP contribution in [0.1, 0.15) is 26.2 Å². The van der Waals surface area contributed by atoms with Crippen molar-refractivity contribution in [1.82, 2.24) is 10.6 Å². The Balaban J connectivity index is 3.46. The number of unbranched alkanes of at least 4 members (excludes halogenated alkanes) is 1. The molecular weight excluding hydrogens is 236 g/mol. The first-order valence-corrected chi connectivity index (χ1v) is 5.98. The van der Waals surface area contributed by atoms with Crippen LogP contribution >= 0.6 is 0 Å². The fraction of sp³-hybridized carbons (Fsp3) is 0.667. The summed E-state index contributed by atoms with van der Waals surface area (Å²) >= 11 is 0. The molecule has 0 saturated carbocycles. The van der Waals surface area contributed by atoms with Crippen molar-refractivity contribution < 1.29 is 19.4 Å². The van der Waals surface area contributed by atoms with E-state index in [-0.39, 0.29) is 6.03 Å². The van der Waals surface area contributed by atoms with E-state index in [1.54, 1.807) is 20.1 Å². The number of hydrogen-bond acceptors (Lipinski definition) is 3. The minimum Gasteiger partial charge on any atom is -0.478 e. The van der Waals surface area contributed by atoms with Gasteiger partial charge in [-0.1, -0.05) is 6.08 Å². The highest BCUT2D eigenvalue weighted by Gasteiger charge is 1.99. The third-order valence-corrected chi connectivity index (χ3v) is 2.27. The standard InChI is InChI=1S/C12H22N2O4/c1-10(11(15)16)6-3-4-7-13-12(17)14-8-5-9-18-2/h6H,3-5,7-9H2,1-2H3,(H,15,16)(H2,13,14,17). The normalized spacial score (nSPS) is 11.1. The Morgan fingerprint density at radius 2 is 1.83 bits per heavy atom. The number of aliphatic carboxylic acids is 1. The van der Waals surface area contributed by atoms with E-state index in [0.29, 0.717) is 31.7 Å². The van der Waals surface area contributed by atoms with Crippen LogP contribution < -0.4 is 10.6 Å². The highest BCUT2D eigenvalue weighted by atomic mass is 16.5. The number of amides is 2. The van der Waals surface area contributed by atoms with Crippen molar-refractivity contribution in [2.24, 2.45) is 0 Å². The molecule has 18 heavy (non-hydrogen) atoms. The van der Waals surface area contributed by atoms with Crippen LogP contribution in [-0.2, 0) is 9.53 Å². The first-order valence-electron chi connectivity index (χ1n) is 5.98. The average Bonchev–Trinajstić information content (AvgIpc) is 2.33. The number of urea groups is 1. The molecular formula is C12H22N2O4. The molecule has 0 aliphatic rings. The number of methoxy groups -OCH3 is 1. The quantitative estimate of drug-likeness (QED) is 0.427. The first-order chi connectivity index (χ1) is 8.57. The van der Waals surface area contributed by atoms with Gasteiger partial charge < -0.3 is 20.5 Å². The monoisotopic (exact) mass is 258 g/mol. The van der Waals surface area contributed by atoms with Crippen molar-refractivity contribution in [3.8, 4) is 0 Å². The van der Waals surface area contributed by atoms with Gasteiger partial charge in [-0.05, 0) is 26.2 Å². The van der Waals surface area contributed by atoms with Crippen LogP contribution in [0.15, 0.2) is 11.6 Å². The Labute approximate surface area is 107 Å². The van der Waals surface area contributed by atoms with Crippen molar-refractivity contribution in [3.63, 3.8) is 0 Å². The van der Waals surface area contributed by atoms with E-state index in [1.807, 2.05) is 0 Å². The summed E-state index contributed by atoms with van der Waals surface area (Å²) in [5.74, 6) is -0.904. The molecule has 0 aromatic carbocycles. The Morgan fingerprint density at radius 1 is 1.22 bits per heavy atom. The molecule has 104 valence electrons. The van der Waals surface area contributed by atoms with Crippen LogP contribution in [0, 0.1) is 0 Å². The number of carbonyl (C=O) groups excluding carboxylic acids is 1. The van der Waals surface area contributed by atoms with Gasteiger partial charge in [0.05, 0.1) is 0 Å². The molecule has 0 radical (unpaired) electrons. The predicted octanol–water partition coefficient (Wildman–Crippen LogP) is 1.13. The summed E-state index contributed by atoms with van der Waals surface area (Å²) in [7, 11) is 1.62.